The average Bonchev–Trinajstić information content (AvgIpc) is 3.87. The maximum Gasteiger partial charge on any atom is 0.0917 e. The zero-order valence-electron chi connectivity index (χ0n) is 28.5. The van der Waals surface area contributed by atoms with Gasteiger partial charge in [-0.3, -0.25) is 0 Å². The van der Waals surface area contributed by atoms with Crippen LogP contribution in [-0.2, 0) is 0 Å². The third-order valence-electron chi connectivity index (χ3n) is 11.1. The smallest absolute Gasteiger partial charge is 0.0917 e. The molecule has 0 N–H and O–H groups in total. The zero-order chi connectivity index (χ0) is 34.6. The van der Waals surface area contributed by atoms with Gasteiger partial charge in [0, 0.05) is 48.1 Å². The highest BCUT2D eigenvalue weighted by atomic mass is 32.1. The van der Waals surface area contributed by atoms with Gasteiger partial charge in [0.15, 0.2) is 0 Å². The van der Waals surface area contributed by atoms with Crippen molar-refractivity contribution in [1.82, 2.24) is 14.1 Å². The van der Waals surface area contributed by atoms with E-state index in [1.807, 2.05) is 11.3 Å². The van der Waals surface area contributed by atoms with E-state index in [-0.39, 0.29) is 0 Å². The number of benzene rings is 8. The van der Waals surface area contributed by atoms with Gasteiger partial charge in [0.1, 0.15) is 0 Å². The molecule has 4 heteroatoms. The van der Waals surface area contributed by atoms with E-state index in [2.05, 4.69) is 185 Å². The zero-order valence-corrected chi connectivity index (χ0v) is 29.3. The summed E-state index contributed by atoms with van der Waals surface area (Å²) >= 11 is 1.84. The highest BCUT2D eigenvalue weighted by Crippen LogP contribution is 2.45. The fourth-order valence-corrected chi connectivity index (χ4v) is 9.93. The minimum absolute atomic E-state index is 1.01. The van der Waals surface area contributed by atoms with Crippen LogP contribution in [0.4, 0.5) is 0 Å². The first-order chi connectivity index (χ1) is 26.3. The molecule has 0 spiro atoms. The monoisotopic (exact) mass is 691 g/mol. The van der Waals surface area contributed by atoms with Gasteiger partial charge in [0.2, 0.25) is 0 Å². The molecule has 0 aliphatic rings. The van der Waals surface area contributed by atoms with Crippen LogP contribution < -0.4 is 0 Å². The molecule has 0 unspecified atom stereocenters. The first-order valence-electron chi connectivity index (χ1n) is 18.1. The molecule has 4 heterocycles. The molecule has 0 saturated carbocycles. The third-order valence-corrected chi connectivity index (χ3v) is 12.2. The lowest BCUT2D eigenvalue weighted by atomic mass is 10.00. The molecule has 12 aromatic rings. The number of fused-ring (bicyclic) bond motifs is 12. The lowest BCUT2D eigenvalue weighted by Crippen LogP contribution is -1.98. The van der Waals surface area contributed by atoms with Crippen LogP contribution in [0.3, 0.4) is 0 Å². The van der Waals surface area contributed by atoms with Crippen molar-refractivity contribution >= 4 is 96.9 Å². The Morgan fingerprint density at radius 2 is 1.04 bits per heavy atom. The Balaban J connectivity index is 1.17. The third kappa shape index (κ3) is 4.07. The lowest BCUT2D eigenvalue weighted by Gasteiger charge is -2.14. The summed E-state index contributed by atoms with van der Waals surface area (Å²) in [5.41, 5.74) is 11.7. The molecule has 53 heavy (non-hydrogen) atoms. The van der Waals surface area contributed by atoms with Gasteiger partial charge >= 0.3 is 0 Å². The molecule has 0 atom stereocenters. The molecule has 4 aromatic heterocycles. The molecule has 0 aliphatic carbocycles. The molecule has 3 nitrogen and oxygen atoms in total. The summed E-state index contributed by atoms with van der Waals surface area (Å²) in [7, 11) is 0. The second kappa shape index (κ2) is 10.9. The lowest BCUT2D eigenvalue weighted by molar-refractivity contribution is 1.18. The van der Waals surface area contributed by atoms with Gasteiger partial charge < -0.3 is 9.13 Å². The molecular formula is C49H29N3S. The van der Waals surface area contributed by atoms with Crippen LogP contribution in [0, 0.1) is 0 Å². The second-order valence-corrected chi connectivity index (χ2v) is 15.0. The van der Waals surface area contributed by atoms with Gasteiger partial charge in [-0.25, -0.2) is 4.98 Å². The predicted molar refractivity (Wildman–Crippen MR) is 226 cm³/mol. The number of pyridine rings is 1. The molecule has 0 fully saturated rings. The molecule has 0 saturated heterocycles. The number of thiophene rings is 1. The predicted octanol–water partition coefficient (Wildman–Crippen LogP) is 13.6. The van der Waals surface area contributed by atoms with Crippen LogP contribution in [-0.4, -0.2) is 14.1 Å². The summed E-state index contributed by atoms with van der Waals surface area (Å²) < 4.78 is 7.38. The fraction of sp³-hybridized carbons (Fsp3) is 0. The van der Waals surface area contributed by atoms with Gasteiger partial charge in [0.25, 0.3) is 0 Å². The van der Waals surface area contributed by atoms with Crippen molar-refractivity contribution < 1.29 is 0 Å². The summed E-state index contributed by atoms with van der Waals surface area (Å²) in [4.78, 5) is 5.28. The van der Waals surface area contributed by atoms with E-state index in [9.17, 15) is 0 Å². The fourth-order valence-electron chi connectivity index (χ4n) is 8.74. The van der Waals surface area contributed by atoms with Crippen molar-refractivity contribution in [3.05, 3.63) is 176 Å². The van der Waals surface area contributed by atoms with Crippen LogP contribution in [0.5, 0.6) is 0 Å². The quantitative estimate of drug-likeness (QED) is 0.181. The minimum Gasteiger partial charge on any atom is -0.309 e. The molecule has 0 radical (unpaired) electrons. The van der Waals surface area contributed by atoms with E-state index < -0.39 is 0 Å². The summed E-state index contributed by atoms with van der Waals surface area (Å²) in [6.07, 6.45) is 0. The van der Waals surface area contributed by atoms with E-state index in [0.29, 0.717) is 0 Å². The Morgan fingerprint density at radius 3 is 1.87 bits per heavy atom. The van der Waals surface area contributed by atoms with Gasteiger partial charge in [-0.15, -0.1) is 11.3 Å². The number of aromatic nitrogens is 3. The maximum atomic E-state index is 5.28. The maximum absolute atomic E-state index is 5.28. The Kier molecular flexibility index (Phi) is 5.93. The van der Waals surface area contributed by atoms with Crippen LogP contribution in [0.2, 0.25) is 0 Å². The number of rotatable bonds is 3. The Bertz CT molecular complexity index is 3460. The summed E-state index contributed by atoms with van der Waals surface area (Å²) in [5.74, 6) is 0. The Hall–Kier alpha value is -6.75. The molecular weight excluding hydrogens is 663 g/mol. The molecule has 8 aromatic carbocycles. The first-order valence-corrected chi connectivity index (χ1v) is 18.9. The minimum atomic E-state index is 1.01. The van der Waals surface area contributed by atoms with Crippen molar-refractivity contribution in [3.63, 3.8) is 0 Å². The summed E-state index contributed by atoms with van der Waals surface area (Å²) in [6, 6.07) is 64.1. The van der Waals surface area contributed by atoms with Crippen molar-refractivity contribution in [2.45, 2.75) is 0 Å². The van der Waals surface area contributed by atoms with Gasteiger partial charge in [-0.2, -0.15) is 0 Å². The number of para-hydroxylation sites is 3. The van der Waals surface area contributed by atoms with E-state index in [1.165, 1.54) is 91.7 Å². The van der Waals surface area contributed by atoms with Crippen molar-refractivity contribution in [1.29, 1.82) is 0 Å². The number of hydrogen-bond acceptors (Lipinski definition) is 2. The van der Waals surface area contributed by atoms with Crippen molar-refractivity contribution in [3.8, 4) is 22.5 Å². The number of nitrogens with zero attached hydrogens (tertiary/aromatic N) is 3. The first kappa shape index (κ1) is 28.9. The van der Waals surface area contributed by atoms with E-state index >= 15 is 0 Å². The number of hydrogen-bond donors (Lipinski definition) is 0. The van der Waals surface area contributed by atoms with Crippen molar-refractivity contribution in [2.75, 3.05) is 0 Å². The molecule has 12 rings (SSSR count). The molecule has 246 valence electrons. The highest BCUT2D eigenvalue weighted by Gasteiger charge is 2.22. The summed E-state index contributed by atoms with van der Waals surface area (Å²) in [6.45, 7) is 0. The van der Waals surface area contributed by atoms with Crippen LogP contribution >= 0.6 is 11.3 Å². The van der Waals surface area contributed by atoms with E-state index in [4.69, 9.17) is 4.98 Å². The topological polar surface area (TPSA) is 22.8 Å². The normalized spacial score (nSPS) is 12.2. The Labute approximate surface area is 308 Å². The average molecular weight is 692 g/mol. The van der Waals surface area contributed by atoms with Crippen LogP contribution in [0.15, 0.2) is 176 Å². The van der Waals surface area contributed by atoms with Crippen LogP contribution in [0.25, 0.3) is 108 Å². The van der Waals surface area contributed by atoms with Gasteiger partial charge in [0.05, 0.1) is 43.5 Å². The standard InChI is InChI=1S/C49H29N3S/c1-2-13-33(14-3-1)51-42-20-10-7-16-35(42)39-28-31(23-26-43(39)51)32-24-27-44-40(29-32)36-25-22-30-12-4-5-15-34(30)47(36)52(44)48-37-17-6-9-19-41(37)50-46-38-18-8-11-21-45(38)53-49(46)48/h1-29H. The van der Waals surface area contributed by atoms with Crippen molar-refractivity contribution in [2.24, 2.45) is 0 Å². The SMILES string of the molecule is c1ccc(-n2c3ccccc3c3cc(-c4ccc5c(c4)c4ccc6ccccc6c4n5-c4c5ccccc5nc5c4sc4ccccc45)ccc32)cc1. The van der Waals surface area contributed by atoms with Gasteiger partial charge in [-0.05, 0) is 71.1 Å². The second-order valence-electron chi connectivity index (χ2n) is 13.9. The van der Waals surface area contributed by atoms with Crippen LogP contribution in [0.1, 0.15) is 0 Å². The molecule has 0 bridgehead atoms. The highest BCUT2D eigenvalue weighted by molar-refractivity contribution is 7.26. The van der Waals surface area contributed by atoms with Gasteiger partial charge in [-0.1, -0.05) is 121 Å². The Morgan fingerprint density at radius 1 is 0.415 bits per heavy atom. The van der Waals surface area contributed by atoms with E-state index in [1.54, 1.807) is 0 Å². The molecule has 0 amide bonds. The summed E-state index contributed by atoms with van der Waals surface area (Å²) in [5, 5.41) is 9.84. The molecule has 0 aliphatic heterocycles. The largest absolute Gasteiger partial charge is 0.309 e. The van der Waals surface area contributed by atoms with E-state index in [0.717, 1.165) is 16.4 Å².